The molecule has 2 aromatic rings. The van der Waals surface area contributed by atoms with Gasteiger partial charge in [-0.05, 0) is 25.5 Å². The van der Waals surface area contributed by atoms with E-state index < -0.39 is 24.6 Å². The van der Waals surface area contributed by atoms with Crippen LogP contribution in [0.15, 0.2) is 28.9 Å². The van der Waals surface area contributed by atoms with Crippen LogP contribution in [0.25, 0.3) is 0 Å². The molecule has 160 valence electrons. The number of furan rings is 1. The van der Waals surface area contributed by atoms with E-state index in [4.69, 9.17) is 4.42 Å². The molecule has 0 aliphatic heterocycles. The second-order valence-corrected chi connectivity index (χ2v) is 6.55. The van der Waals surface area contributed by atoms with Gasteiger partial charge in [-0.15, -0.1) is 5.10 Å². The lowest BCUT2D eigenvalue weighted by atomic mass is 10.2. The van der Waals surface area contributed by atoms with Crippen LogP contribution >= 0.6 is 0 Å². The molecule has 12 heteroatoms. The number of hydrogen-bond donors (Lipinski definition) is 2. The predicted molar refractivity (Wildman–Crippen MR) is 93.7 cm³/mol. The lowest BCUT2D eigenvalue weighted by Crippen LogP contribution is -2.41. The number of hydrogen-bond acceptors (Lipinski definition) is 6. The maximum atomic E-state index is 12.5. The van der Waals surface area contributed by atoms with Crippen LogP contribution in [0.2, 0.25) is 0 Å². The summed E-state index contributed by atoms with van der Waals surface area (Å²) in [5, 5.41) is 19.0. The third-order valence-corrected chi connectivity index (χ3v) is 4.23. The molecule has 0 aliphatic carbocycles. The third kappa shape index (κ3) is 6.89. The number of carbonyl (C=O) groups excluding carboxylic acids is 2. The number of rotatable bonds is 9. The predicted octanol–water partition coefficient (Wildman–Crippen LogP) is 1.20. The molecule has 2 N–H and O–H groups in total. The van der Waals surface area contributed by atoms with Crippen LogP contribution < -0.4 is 5.32 Å². The van der Waals surface area contributed by atoms with Crippen molar-refractivity contribution in [3.05, 3.63) is 36.0 Å². The number of carbonyl (C=O) groups is 2. The van der Waals surface area contributed by atoms with Crippen molar-refractivity contribution in [2.24, 2.45) is 0 Å². The quantitative estimate of drug-likeness (QED) is 0.634. The highest BCUT2D eigenvalue weighted by molar-refractivity contribution is 5.91. The van der Waals surface area contributed by atoms with Gasteiger partial charge >= 0.3 is 6.18 Å². The average Bonchev–Trinajstić information content (AvgIpc) is 3.31. The molecule has 0 radical (unpaired) electrons. The molecule has 29 heavy (non-hydrogen) atoms. The molecule has 2 amide bonds. The fourth-order valence-electron chi connectivity index (χ4n) is 2.46. The highest BCUT2D eigenvalue weighted by Crippen LogP contribution is 2.21. The highest BCUT2D eigenvalue weighted by Gasteiger charge is 2.34. The fraction of sp³-hybridized carbons (Fsp3) is 0.529. The van der Waals surface area contributed by atoms with Crippen molar-refractivity contribution in [2.45, 2.75) is 44.6 Å². The zero-order valence-corrected chi connectivity index (χ0v) is 15.9. The number of aliphatic hydroxyl groups excluding tert-OH is 1. The number of amides is 2. The van der Waals surface area contributed by atoms with E-state index in [-0.39, 0.29) is 30.7 Å². The third-order valence-electron chi connectivity index (χ3n) is 4.23. The van der Waals surface area contributed by atoms with Gasteiger partial charge < -0.3 is 19.7 Å². The molecule has 2 atom stereocenters. The van der Waals surface area contributed by atoms with Crippen molar-refractivity contribution in [3.63, 3.8) is 0 Å². The first-order valence-electron chi connectivity index (χ1n) is 8.79. The summed E-state index contributed by atoms with van der Waals surface area (Å²) in [5.41, 5.74) is 0. The molecule has 0 fully saturated rings. The summed E-state index contributed by atoms with van der Waals surface area (Å²) >= 11 is 0. The van der Waals surface area contributed by atoms with E-state index in [0.717, 1.165) is 0 Å². The Bertz CT molecular complexity index is 806. The van der Waals surface area contributed by atoms with Gasteiger partial charge in [-0.3, -0.25) is 9.59 Å². The van der Waals surface area contributed by atoms with E-state index in [9.17, 15) is 27.9 Å². The van der Waals surface area contributed by atoms with E-state index in [1.54, 1.807) is 26.2 Å². The Kier molecular flexibility index (Phi) is 7.37. The molecule has 0 bridgehead atoms. The molecule has 0 aromatic carbocycles. The number of halogens is 3. The maximum absolute atomic E-state index is 12.5. The zero-order valence-electron chi connectivity index (χ0n) is 15.9. The number of nitrogens with one attached hydrogen (secondary N) is 1. The Balaban J connectivity index is 1.80. The van der Waals surface area contributed by atoms with E-state index in [2.05, 4.69) is 15.6 Å². The van der Waals surface area contributed by atoms with Gasteiger partial charge in [0.2, 0.25) is 5.91 Å². The monoisotopic (exact) mass is 417 g/mol. The highest BCUT2D eigenvalue weighted by atomic mass is 19.4. The van der Waals surface area contributed by atoms with Crippen molar-refractivity contribution >= 4 is 11.8 Å². The van der Waals surface area contributed by atoms with Gasteiger partial charge in [0, 0.05) is 25.8 Å². The molecule has 0 aliphatic rings. The van der Waals surface area contributed by atoms with Crippen molar-refractivity contribution < 1.29 is 32.3 Å². The van der Waals surface area contributed by atoms with Crippen LogP contribution in [0.5, 0.6) is 0 Å². The lowest BCUT2D eigenvalue weighted by Gasteiger charge is -2.24. The minimum Gasteiger partial charge on any atom is -0.454 e. The lowest BCUT2D eigenvalue weighted by molar-refractivity contribution is -0.163. The summed E-state index contributed by atoms with van der Waals surface area (Å²) in [6.07, 6.45) is -4.95. The van der Waals surface area contributed by atoms with Gasteiger partial charge in [-0.1, -0.05) is 5.21 Å². The normalized spacial score (nSPS) is 13.7. The summed E-state index contributed by atoms with van der Waals surface area (Å²) in [4.78, 5) is 25.4. The fourth-order valence-corrected chi connectivity index (χ4v) is 2.46. The summed E-state index contributed by atoms with van der Waals surface area (Å²) in [7, 11) is 1.55. The smallest absolute Gasteiger partial charge is 0.392 e. The van der Waals surface area contributed by atoms with Gasteiger partial charge in [0.15, 0.2) is 5.76 Å². The number of alkyl halides is 3. The first-order valence-corrected chi connectivity index (χ1v) is 8.79. The second kappa shape index (κ2) is 9.54. The summed E-state index contributed by atoms with van der Waals surface area (Å²) in [6, 6.07) is 2.84. The van der Waals surface area contributed by atoms with E-state index in [1.807, 2.05) is 0 Å². The van der Waals surface area contributed by atoms with Gasteiger partial charge in [-0.2, -0.15) is 13.2 Å². The molecule has 2 rings (SSSR count). The minimum atomic E-state index is -4.63. The summed E-state index contributed by atoms with van der Waals surface area (Å²) in [6.45, 7) is 2.04. The molecule has 2 unspecified atom stereocenters. The van der Waals surface area contributed by atoms with Crippen LogP contribution in [0, 0.1) is 0 Å². The SMILES string of the molecule is CC(CCNC(=O)C(O)CC(F)(F)F)N(C)C(=O)c1ccc(Cn2ccnn2)o1. The van der Waals surface area contributed by atoms with Gasteiger partial charge in [0.25, 0.3) is 5.91 Å². The Labute approximate surface area is 164 Å². The largest absolute Gasteiger partial charge is 0.454 e. The number of nitrogens with zero attached hydrogens (tertiary/aromatic N) is 4. The van der Waals surface area contributed by atoms with Crippen molar-refractivity contribution in [1.29, 1.82) is 0 Å². The van der Waals surface area contributed by atoms with Gasteiger partial charge in [-0.25, -0.2) is 4.68 Å². The van der Waals surface area contributed by atoms with Crippen molar-refractivity contribution in [1.82, 2.24) is 25.2 Å². The molecule has 0 spiro atoms. The molecule has 2 aromatic heterocycles. The van der Waals surface area contributed by atoms with Crippen molar-refractivity contribution in [2.75, 3.05) is 13.6 Å². The average molecular weight is 417 g/mol. The van der Waals surface area contributed by atoms with Crippen LogP contribution in [-0.2, 0) is 11.3 Å². The molecule has 0 saturated carbocycles. The maximum Gasteiger partial charge on any atom is 0.392 e. The number of aliphatic hydroxyl groups is 1. The second-order valence-electron chi connectivity index (χ2n) is 6.55. The zero-order chi connectivity index (χ0) is 21.6. The first kappa shape index (κ1) is 22.4. The van der Waals surface area contributed by atoms with Crippen LogP contribution in [0.3, 0.4) is 0 Å². The van der Waals surface area contributed by atoms with Gasteiger partial charge in [0.05, 0.1) is 12.6 Å². The van der Waals surface area contributed by atoms with E-state index in [0.29, 0.717) is 12.3 Å². The van der Waals surface area contributed by atoms with Crippen molar-refractivity contribution in [3.8, 4) is 0 Å². The van der Waals surface area contributed by atoms with E-state index >= 15 is 0 Å². The Morgan fingerprint density at radius 2 is 2.10 bits per heavy atom. The summed E-state index contributed by atoms with van der Waals surface area (Å²) in [5.74, 6) is -0.844. The van der Waals surface area contributed by atoms with Crippen LogP contribution in [-0.4, -0.2) is 68.7 Å². The topological polar surface area (TPSA) is 113 Å². The van der Waals surface area contributed by atoms with E-state index in [1.165, 1.54) is 21.8 Å². The standard InChI is InChI=1S/C17H22F3N5O4/c1-11(5-6-21-15(27)13(26)9-17(18,19)20)24(2)16(28)14-4-3-12(29-14)10-25-8-7-22-23-25/h3-4,7-8,11,13,26H,5-6,9-10H2,1-2H3,(H,21,27). The van der Waals surface area contributed by atoms with Crippen LogP contribution in [0.1, 0.15) is 36.1 Å². The molecule has 2 heterocycles. The van der Waals surface area contributed by atoms with Crippen LogP contribution in [0.4, 0.5) is 13.2 Å². The molecule has 0 saturated heterocycles. The minimum absolute atomic E-state index is 0.00222. The summed E-state index contributed by atoms with van der Waals surface area (Å²) < 4.78 is 43.6. The Hall–Kier alpha value is -2.89. The van der Waals surface area contributed by atoms with Gasteiger partial charge in [0.1, 0.15) is 18.4 Å². The Morgan fingerprint density at radius 3 is 2.72 bits per heavy atom. The molecular formula is C17H22F3N5O4. The Morgan fingerprint density at radius 1 is 1.38 bits per heavy atom. The first-order chi connectivity index (χ1) is 13.6. The molecule has 9 nitrogen and oxygen atoms in total. The number of aromatic nitrogens is 3. The molecular weight excluding hydrogens is 395 g/mol.